The minimum Gasteiger partial charge on any atom is -0.618 e. The van der Waals surface area contributed by atoms with Crippen molar-refractivity contribution in [2.45, 2.75) is 31.8 Å². The number of thiophene rings is 1. The summed E-state index contributed by atoms with van der Waals surface area (Å²) in [7, 11) is 0. The number of aromatic nitrogens is 5. The molecule has 1 atom stereocenters. The predicted octanol–water partition coefficient (Wildman–Crippen LogP) is 3.79. The van der Waals surface area contributed by atoms with E-state index in [4.69, 9.17) is 11.6 Å². The van der Waals surface area contributed by atoms with Crippen LogP contribution >= 0.6 is 22.9 Å². The number of pyridine rings is 1. The molecular weight excluding hydrogens is 516 g/mol. The number of aliphatic hydroxyl groups is 1. The maximum Gasteiger partial charge on any atom is 0.345 e. The average Bonchev–Trinajstić information content (AvgIpc) is 3.66. The van der Waals surface area contributed by atoms with Crippen molar-refractivity contribution in [3.05, 3.63) is 85.9 Å². The SMILES string of the molecule is CC1=C(c2ccc(C(=O)O)s2)CC(C2(O)CCc3cc(-c4cc(Cl)ccc4-n4cnnn4)c[n+]([O-])c32)=N1. The van der Waals surface area contributed by atoms with Gasteiger partial charge in [-0.1, -0.05) is 11.6 Å². The highest BCUT2D eigenvalue weighted by molar-refractivity contribution is 7.15. The molecule has 6 rings (SSSR count). The molecule has 0 bridgehead atoms. The van der Waals surface area contributed by atoms with E-state index in [0.29, 0.717) is 57.2 Å². The smallest absolute Gasteiger partial charge is 0.345 e. The number of nitrogens with zero attached hydrogens (tertiary/aromatic N) is 6. The van der Waals surface area contributed by atoms with Crippen molar-refractivity contribution in [1.82, 2.24) is 20.2 Å². The lowest BCUT2D eigenvalue weighted by Gasteiger charge is -2.23. The van der Waals surface area contributed by atoms with E-state index in [1.807, 2.05) is 13.0 Å². The zero-order valence-corrected chi connectivity index (χ0v) is 21.0. The van der Waals surface area contributed by atoms with E-state index in [1.165, 1.54) is 28.5 Å². The molecule has 0 radical (unpaired) electrons. The van der Waals surface area contributed by atoms with Gasteiger partial charge in [-0.15, -0.1) is 16.4 Å². The van der Waals surface area contributed by atoms with E-state index in [-0.39, 0.29) is 10.6 Å². The summed E-state index contributed by atoms with van der Waals surface area (Å²) < 4.78 is 2.21. The van der Waals surface area contributed by atoms with Gasteiger partial charge in [-0.05, 0) is 72.2 Å². The molecule has 186 valence electrons. The number of benzene rings is 1. The van der Waals surface area contributed by atoms with Crippen molar-refractivity contribution >= 4 is 40.2 Å². The lowest BCUT2D eigenvalue weighted by atomic mass is 9.90. The maximum atomic E-state index is 13.4. The average molecular weight is 535 g/mol. The number of fused-ring (bicyclic) bond motifs is 1. The molecule has 37 heavy (non-hydrogen) atoms. The number of tetrazole rings is 1. The number of aromatic carboxylic acids is 1. The van der Waals surface area contributed by atoms with Crippen LogP contribution in [0.4, 0.5) is 0 Å². The first-order chi connectivity index (χ1) is 17.7. The molecule has 0 fully saturated rings. The Kier molecular flexibility index (Phi) is 5.44. The molecule has 0 spiro atoms. The number of carboxylic acid groups (broad SMARTS) is 1. The summed E-state index contributed by atoms with van der Waals surface area (Å²) in [6.45, 7) is 1.83. The first kappa shape index (κ1) is 23.5. The summed E-state index contributed by atoms with van der Waals surface area (Å²) in [5, 5.41) is 46.3. The normalized spacial score (nSPS) is 18.8. The number of aliphatic imine (C=N–C) groups is 1. The Labute approximate surface area is 219 Å². The van der Waals surface area contributed by atoms with Gasteiger partial charge < -0.3 is 15.4 Å². The molecule has 2 aliphatic rings. The van der Waals surface area contributed by atoms with E-state index >= 15 is 0 Å². The van der Waals surface area contributed by atoms with Crippen molar-refractivity contribution in [3.8, 4) is 16.8 Å². The summed E-state index contributed by atoms with van der Waals surface area (Å²) in [4.78, 5) is 17.0. The van der Waals surface area contributed by atoms with Crippen LogP contribution in [-0.4, -0.2) is 42.1 Å². The van der Waals surface area contributed by atoms with Crippen LogP contribution in [0.15, 0.2) is 59.6 Å². The summed E-state index contributed by atoms with van der Waals surface area (Å²) in [5.41, 5.74) is 3.44. The Morgan fingerprint density at radius 3 is 2.84 bits per heavy atom. The molecule has 1 aliphatic heterocycles. The van der Waals surface area contributed by atoms with Crippen LogP contribution in [-0.2, 0) is 12.0 Å². The Balaban J connectivity index is 1.36. The number of halogens is 1. The second-order valence-electron chi connectivity index (χ2n) is 8.97. The Morgan fingerprint density at radius 1 is 1.27 bits per heavy atom. The monoisotopic (exact) mass is 534 g/mol. The number of hydrogen-bond acceptors (Lipinski definition) is 8. The van der Waals surface area contributed by atoms with Crippen molar-refractivity contribution in [3.63, 3.8) is 0 Å². The van der Waals surface area contributed by atoms with E-state index in [2.05, 4.69) is 20.5 Å². The van der Waals surface area contributed by atoms with Gasteiger partial charge >= 0.3 is 5.97 Å². The van der Waals surface area contributed by atoms with Gasteiger partial charge in [-0.25, -0.2) is 4.79 Å². The van der Waals surface area contributed by atoms with Crippen molar-refractivity contribution < 1.29 is 19.7 Å². The lowest BCUT2D eigenvalue weighted by molar-refractivity contribution is -0.619. The minimum atomic E-state index is -1.53. The van der Waals surface area contributed by atoms with Crippen LogP contribution in [0.5, 0.6) is 0 Å². The largest absolute Gasteiger partial charge is 0.618 e. The molecule has 12 heteroatoms. The second kappa shape index (κ2) is 8.58. The number of aryl methyl sites for hydroxylation is 1. The third-order valence-electron chi connectivity index (χ3n) is 6.80. The molecule has 1 unspecified atom stereocenters. The summed E-state index contributed by atoms with van der Waals surface area (Å²) >= 11 is 7.44. The standard InChI is InChI=1S/C25H19ClN6O4S/c1-13-17(20-4-5-21(37-20)24(33)34)10-22(28-13)25(35)7-6-14-8-15(11-32(36)23(14)25)18-9-16(26)2-3-19(18)31-12-27-29-30-31/h2-5,8-9,11-12,35H,6-7,10H2,1H3,(H,33,34). The molecule has 2 N–H and O–H groups in total. The van der Waals surface area contributed by atoms with Crippen LogP contribution in [0.3, 0.4) is 0 Å². The van der Waals surface area contributed by atoms with Gasteiger partial charge in [-0.2, -0.15) is 9.41 Å². The van der Waals surface area contributed by atoms with Crippen molar-refractivity contribution in [1.29, 1.82) is 0 Å². The van der Waals surface area contributed by atoms with Crippen LogP contribution < -0.4 is 4.73 Å². The predicted molar refractivity (Wildman–Crippen MR) is 137 cm³/mol. The molecule has 0 saturated carbocycles. The number of allylic oxidation sites excluding steroid dienone is 2. The third-order valence-corrected chi connectivity index (χ3v) is 8.17. The Hall–Kier alpha value is -3.93. The van der Waals surface area contributed by atoms with Gasteiger partial charge in [0.2, 0.25) is 5.69 Å². The number of hydrogen-bond donors (Lipinski definition) is 2. The molecule has 0 amide bonds. The van der Waals surface area contributed by atoms with Gasteiger partial charge in [0.15, 0.2) is 11.8 Å². The molecule has 1 aliphatic carbocycles. The van der Waals surface area contributed by atoms with Crippen molar-refractivity contribution in [2.24, 2.45) is 4.99 Å². The third kappa shape index (κ3) is 3.82. The van der Waals surface area contributed by atoms with Crippen molar-refractivity contribution in [2.75, 3.05) is 0 Å². The van der Waals surface area contributed by atoms with Crippen LogP contribution in [0, 0.1) is 5.21 Å². The fraction of sp³-hybridized carbons (Fsp3) is 0.200. The number of carbonyl (C=O) groups is 1. The van der Waals surface area contributed by atoms with Crippen LogP contribution in [0.25, 0.3) is 22.4 Å². The quantitative estimate of drug-likeness (QED) is 0.293. The van der Waals surface area contributed by atoms with E-state index in [9.17, 15) is 20.2 Å². The van der Waals surface area contributed by atoms with E-state index in [1.54, 1.807) is 30.3 Å². The van der Waals surface area contributed by atoms with Gasteiger partial charge in [-0.3, -0.25) is 4.99 Å². The van der Waals surface area contributed by atoms with Gasteiger partial charge in [0, 0.05) is 38.7 Å². The minimum absolute atomic E-state index is 0.237. The second-order valence-corrected chi connectivity index (χ2v) is 10.5. The van der Waals surface area contributed by atoms with E-state index in [0.717, 1.165) is 16.0 Å². The van der Waals surface area contributed by atoms with E-state index < -0.39 is 11.6 Å². The molecule has 1 aromatic carbocycles. The highest BCUT2D eigenvalue weighted by atomic mass is 35.5. The molecule has 10 nitrogen and oxygen atoms in total. The van der Waals surface area contributed by atoms with Gasteiger partial charge in [0.25, 0.3) is 0 Å². The zero-order valence-electron chi connectivity index (χ0n) is 19.4. The molecule has 4 heterocycles. The molecule has 0 saturated heterocycles. The Bertz CT molecular complexity index is 1640. The van der Waals surface area contributed by atoms with Gasteiger partial charge in [0.1, 0.15) is 11.2 Å². The summed E-state index contributed by atoms with van der Waals surface area (Å²) in [5.74, 6) is -0.983. The number of carboxylic acids is 1. The topological polar surface area (TPSA) is 140 Å². The maximum absolute atomic E-state index is 13.4. The molecule has 4 aromatic rings. The fourth-order valence-electron chi connectivity index (χ4n) is 5.06. The summed E-state index contributed by atoms with van der Waals surface area (Å²) in [6, 6.07) is 10.4. The first-order valence-electron chi connectivity index (χ1n) is 11.4. The zero-order chi connectivity index (χ0) is 25.9. The lowest BCUT2D eigenvalue weighted by Crippen LogP contribution is -2.45. The first-order valence-corrected chi connectivity index (χ1v) is 12.6. The van der Waals surface area contributed by atoms with Crippen LogP contribution in [0.2, 0.25) is 5.02 Å². The number of rotatable bonds is 5. The Morgan fingerprint density at radius 2 is 2.11 bits per heavy atom. The van der Waals surface area contributed by atoms with Gasteiger partial charge in [0.05, 0.1) is 11.4 Å². The molecule has 3 aromatic heterocycles. The fourth-order valence-corrected chi connectivity index (χ4v) is 6.17. The van der Waals surface area contributed by atoms with Crippen LogP contribution in [0.1, 0.15) is 45.6 Å². The molecular formula is C25H19ClN6O4S. The highest BCUT2D eigenvalue weighted by Crippen LogP contribution is 2.44. The summed E-state index contributed by atoms with van der Waals surface area (Å²) in [6.07, 6.45) is 4.01. The highest BCUT2D eigenvalue weighted by Gasteiger charge is 2.50.